The molecule has 0 heterocycles. The number of carbonyl (C=O) groups excluding carboxylic acids is 1. The molecule has 0 unspecified atom stereocenters. The average molecular weight is 294 g/mol. The summed E-state index contributed by atoms with van der Waals surface area (Å²) in [6, 6.07) is 0. The first-order valence-corrected chi connectivity index (χ1v) is 7.19. The van der Waals surface area contributed by atoms with Crippen molar-refractivity contribution >= 4 is 21.8 Å². The van der Waals surface area contributed by atoms with Crippen molar-refractivity contribution in [2.45, 2.75) is 39.5 Å². The second-order valence-corrected chi connectivity index (χ2v) is 5.11. The molecule has 16 heavy (non-hydrogen) atoms. The zero-order chi connectivity index (χ0) is 12.2. The molecule has 1 N–H and O–H groups in total. The Hall–Kier alpha value is -0.0900. The SMILES string of the molecule is CC(C)COCCCNC(=O)CCCCBr. The minimum Gasteiger partial charge on any atom is -0.381 e. The van der Waals surface area contributed by atoms with Crippen LogP contribution in [0, 0.1) is 5.92 Å². The molecule has 0 aromatic carbocycles. The smallest absolute Gasteiger partial charge is 0.219 e. The largest absolute Gasteiger partial charge is 0.381 e. The van der Waals surface area contributed by atoms with E-state index in [0.717, 1.165) is 44.4 Å². The predicted molar refractivity (Wildman–Crippen MR) is 70.9 cm³/mol. The summed E-state index contributed by atoms with van der Waals surface area (Å²) in [7, 11) is 0. The van der Waals surface area contributed by atoms with Gasteiger partial charge in [0.25, 0.3) is 0 Å². The molecule has 0 aromatic heterocycles. The summed E-state index contributed by atoms with van der Waals surface area (Å²) in [5, 5.41) is 3.87. The molecule has 0 aliphatic rings. The number of hydrogen-bond acceptors (Lipinski definition) is 2. The van der Waals surface area contributed by atoms with Gasteiger partial charge in [0.05, 0.1) is 0 Å². The fourth-order valence-corrected chi connectivity index (χ4v) is 1.59. The third kappa shape index (κ3) is 12.0. The maximum Gasteiger partial charge on any atom is 0.219 e. The lowest BCUT2D eigenvalue weighted by molar-refractivity contribution is -0.121. The quantitative estimate of drug-likeness (QED) is 0.497. The predicted octanol–water partition coefficient (Wildman–Crippen LogP) is 2.73. The van der Waals surface area contributed by atoms with Crippen molar-refractivity contribution in [2.75, 3.05) is 25.1 Å². The van der Waals surface area contributed by atoms with E-state index in [1.807, 2.05) is 0 Å². The van der Waals surface area contributed by atoms with E-state index in [9.17, 15) is 4.79 Å². The van der Waals surface area contributed by atoms with Gasteiger partial charge in [-0.05, 0) is 25.2 Å². The highest BCUT2D eigenvalue weighted by Gasteiger charge is 1.99. The molecule has 3 nitrogen and oxygen atoms in total. The lowest BCUT2D eigenvalue weighted by Crippen LogP contribution is -2.25. The zero-order valence-electron chi connectivity index (χ0n) is 10.4. The number of hydrogen-bond donors (Lipinski definition) is 1. The summed E-state index contributed by atoms with van der Waals surface area (Å²) in [6.45, 7) is 6.53. The van der Waals surface area contributed by atoms with Crippen LogP contribution in [0.2, 0.25) is 0 Å². The Balaban J connectivity index is 3.15. The first kappa shape index (κ1) is 15.9. The van der Waals surface area contributed by atoms with Gasteiger partial charge < -0.3 is 10.1 Å². The van der Waals surface area contributed by atoms with E-state index in [4.69, 9.17) is 4.74 Å². The first-order chi connectivity index (χ1) is 7.66. The van der Waals surface area contributed by atoms with Crippen molar-refractivity contribution in [3.05, 3.63) is 0 Å². The fraction of sp³-hybridized carbons (Fsp3) is 0.917. The number of nitrogens with one attached hydrogen (secondary N) is 1. The number of alkyl halides is 1. The molecular formula is C12H24BrNO2. The van der Waals surface area contributed by atoms with Crippen LogP contribution in [0.15, 0.2) is 0 Å². The van der Waals surface area contributed by atoms with Gasteiger partial charge in [0.2, 0.25) is 5.91 Å². The molecule has 96 valence electrons. The van der Waals surface area contributed by atoms with E-state index in [0.29, 0.717) is 12.3 Å². The maximum absolute atomic E-state index is 11.3. The van der Waals surface area contributed by atoms with E-state index in [1.165, 1.54) is 0 Å². The standard InChI is InChI=1S/C12H24BrNO2/c1-11(2)10-16-9-5-8-14-12(15)6-3-4-7-13/h11H,3-10H2,1-2H3,(H,14,15). The van der Waals surface area contributed by atoms with Crippen molar-refractivity contribution in [2.24, 2.45) is 5.92 Å². The van der Waals surface area contributed by atoms with Gasteiger partial charge in [-0.3, -0.25) is 4.79 Å². The van der Waals surface area contributed by atoms with E-state index in [1.54, 1.807) is 0 Å². The Labute approximate surface area is 107 Å². The minimum absolute atomic E-state index is 0.157. The maximum atomic E-state index is 11.3. The van der Waals surface area contributed by atoms with Gasteiger partial charge in [-0.2, -0.15) is 0 Å². The molecule has 0 saturated heterocycles. The van der Waals surface area contributed by atoms with Gasteiger partial charge >= 0.3 is 0 Å². The van der Waals surface area contributed by atoms with Gasteiger partial charge in [0.15, 0.2) is 0 Å². The van der Waals surface area contributed by atoms with Crippen LogP contribution in [0.25, 0.3) is 0 Å². The second kappa shape index (κ2) is 11.4. The van der Waals surface area contributed by atoms with E-state index in [2.05, 4.69) is 35.1 Å². The zero-order valence-corrected chi connectivity index (χ0v) is 12.0. The summed E-state index contributed by atoms with van der Waals surface area (Å²) < 4.78 is 5.42. The van der Waals surface area contributed by atoms with Crippen LogP contribution in [-0.2, 0) is 9.53 Å². The molecule has 0 rings (SSSR count). The molecule has 0 aromatic rings. The van der Waals surface area contributed by atoms with Crippen LogP contribution in [0.3, 0.4) is 0 Å². The first-order valence-electron chi connectivity index (χ1n) is 6.07. The molecule has 0 radical (unpaired) electrons. The normalized spacial score (nSPS) is 10.8. The van der Waals surface area contributed by atoms with Crippen LogP contribution in [0.1, 0.15) is 39.5 Å². The third-order valence-electron chi connectivity index (χ3n) is 2.03. The van der Waals surface area contributed by atoms with Crippen LogP contribution < -0.4 is 5.32 Å². The molecule has 0 atom stereocenters. The van der Waals surface area contributed by atoms with E-state index in [-0.39, 0.29) is 5.91 Å². The number of halogens is 1. The van der Waals surface area contributed by atoms with Gasteiger partial charge in [0.1, 0.15) is 0 Å². The number of ether oxygens (including phenoxy) is 1. The van der Waals surface area contributed by atoms with Crippen LogP contribution in [-0.4, -0.2) is 31.0 Å². The lowest BCUT2D eigenvalue weighted by atomic mass is 10.2. The Bertz CT molecular complexity index is 174. The highest BCUT2D eigenvalue weighted by Crippen LogP contribution is 1.98. The van der Waals surface area contributed by atoms with Crippen molar-refractivity contribution in [1.29, 1.82) is 0 Å². The molecule has 0 saturated carbocycles. The molecule has 0 fully saturated rings. The number of unbranched alkanes of at least 4 members (excludes halogenated alkanes) is 1. The van der Waals surface area contributed by atoms with Gasteiger partial charge in [-0.1, -0.05) is 29.8 Å². The molecule has 0 aliphatic heterocycles. The average Bonchev–Trinajstić information content (AvgIpc) is 2.23. The summed E-state index contributed by atoms with van der Waals surface area (Å²) in [6.07, 6.45) is 3.56. The highest BCUT2D eigenvalue weighted by molar-refractivity contribution is 9.09. The molecule has 0 aliphatic carbocycles. The fourth-order valence-electron chi connectivity index (χ4n) is 1.19. The summed E-state index contributed by atoms with van der Waals surface area (Å²) >= 11 is 3.34. The number of carbonyl (C=O) groups is 1. The molecule has 4 heteroatoms. The van der Waals surface area contributed by atoms with Crippen molar-refractivity contribution < 1.29 is 9.53 Å². The monoisotopic (exact) mass is 293 g/mol. The van der Waals surface area contributed by atoms with Crippen molar-refractivity contribution in [3.8, 4) is 0 Å². The lowest BCUT2D eigenvalue weighted by Gasteiger charge is -2.07. The number of rotatable bonds is 10. The summed E-state index contributed by atoms with van der Waals surface area (Å²) in [5.41, 5.74) is 0. The van der Waals surface area contributed by atoms with Gasteiger partial charge in [0, 0.05) is 31.5 Å². The molecular weight excluding hydrogens is 270 g/mol. The van der Waals surface area contributed by atoms with E-state index < -0.39 is 0 Å². The van der Waals surface area contributed by atoms with Crippen LogP contribution in [0.5, 0.6) is 0 Å². The Kier molecular flexibility index (Phi) is 11.3. The highest BCUT2D eigenvalue weighted by atomic mass is 79.9. The van der Waals surface area contributed by atoms with E-state index >= 15 is 0 Å². The Morgan fingerprint density at radius 1 is 1.31 bits per heavy atom. The third-order valence-corrected chi connectivity index (χ3v) is 2.59. The topological polar surface area (TPSA) is 38.3 Å². The van der Waals surface area contributed by atoms with Crippen LogP contribution in [0.4, 0.5) is 0 Å². The summed E-state index contributed by atoms with van der Waals surface area (Å²) in [5.74, 6) is 0.739. The molecule has 1 amide bonds. The number of amides is 1. The Morgan fingerprint density at radius 2 is 2.06 bits per heavy atom. The molecule has 0 spiro atoms. The second-order valence-electron chi connectivity index (χ2n) is 4.32. The Morgan fingerprint density at radius 3 is 2.69 bits per heavy atom. The molecule has 0 bridgehead atoms. The van der Waals surface area contributed by atoms with Gasteiger partial charge in [-0.15, -0.1) is 0 Å². The van der Waals surface area contributed by atoms with Crippen molar-refractivity contribution in [3.63, 3.8) is 0 Å². The van der Waals surface area contributed by atoms with Crippen LogP contribution >= 0.6 is 15.9 Å². The minimum atomic E-state index is 0.157. The summed E-state index contributed by atoms with van der Waals surface area (Å²) in [4.78, 5) is 11.3. The van der Waals surface area contributed by atoms with Crippen molar-refractivity contribution in [1.82, 2.24) is 5.32 Å². The van der Waals surface area contributed by atoms with Gasteiger partial charge in [-0.25, -0.2) is 0 Å².